The van der Waals surface area contributed by atoms with E-state index in [1.54, 1.807) is 6.20 Å². The molecule has 126 valence electrons. The van der Waals surface area contributed by atoms with E-state index in [9.17, 15) is 14.7 Å². The highest BCUT2D eigenvalue weighted by Crippen LogP contribution is 2.32. The van der Waals surface area contributed by atoms with E-state index in [1.807, 2.05) is 30.3 Å². The standard InChI is InChI=1S/C16H18N4O4/c1-24-11-16(15(22)23)7-8-19(10-16)14(21)13-9-20(18-17-13)12-5-3-2-4-6-12/h2-6,9H,7-8,10-11H2,1H3,(H,22,23). The molecule has 0 aliphatic carbocycles. The molecule has 3 rings (SSSR count). The van der Waals surface area contributed by atoms with E-state index in [4.69, 9.17) is 4.74 Å². The predicted octanol–water partition coefficient (Wildman–Crippen LogP) is 0.831. The fraction of sp³-hybridized carbons (Fsp3) is 0.375. The average molecular weight is 330 g/mol. The SMILES string of the molecule is COCC1(C(=O)O)CCN(C(=O)c2cn(-c3ccccc3)nn2)C1. The molecule has 0 saturated carbocycles. The summed E-state index contributed by atoms with van der Waals surface area (Å²) >= 11 is 0. The van der Waals surface area contributed by atoms with Crippen LogP contribution in [0.5, 0.6) is 0 Å². The lowest BCUT2D eigenvalue weighted by Crippen LogP contribution is -2.40. The van der Waals surface area contributed by atoms with E-state index in [1.165, 1.54) is 16.7 Å². The Morgan fingerprint density at radius 3 is 2.75 bits per heavy atom. The van der Waals surface area contributed by atoms with Crippen LogP contribution in [0.1, 0.15) is 16.9 Å². The Balaban J connectivity index is 1.76. The number of likely N-dealkylation sites (tertiary alicyclic amines) is 1. The smallest absolute Gasteiger partial charge is 0.313 e. The maximum absolute atomic E-state index is 12.6. The largest absolute Gasteiger partial charge is 0.481 e. The third-order valence-electron chi connectivity index (χ3n) is 4.25. The van der Waals surface area contributed by atoms with Gasteiger partial charge in [-0.1, -0.05) is 23.4 Å². The summed E-state index contributed by atoms with van der Waals surface area (Å²) in [4.78, 5) is 25.6. The summed E-state index contributed by atoms with van der Waals surface area (Å²) in [5.41, 5.74) is -0.0676. The molecule has 1 saturated heterocycles. The fourth-order valence-electron chi connectivity index (χ4n) is 2.91. The number of hydrogen-bond acceptors (Lipinski definition) is 5. The van der Waals surface area contributed by atoms with Gasteiger partial charge in [-0.2, -0.15) is 0 Å². The number of benzene rings is 1. The zero-order valence-electron chi connectivity index (χ0n) is 13.3. The molecule has 1 aliphatic rings. The first-order valence-electron chi connectivity index (χ1n) is 7.55. The van der Waals surface area contributed by atoms with Crippen LogP contribution in [0.4, 0.5) is 0 Å². The number of carboxylic acid groups (broad SMARTS) is 1. The molecule has 1 aliphatic heterocycles. The number of hydrogen-bond donors (Lipinski definition) is 1. The predicted molar refractivity (Wildman–Crippen MR) is 83.8 cm³/mol. The van der Waals surface area contributed by atoms with Crippen molar-refractivity contribution < 1.29 is 19.4 Å². The number of carbonyl (C=O) groups excluding carboxylic acids is 1. The van der Waals surface area contributed by atoms with Gasteiger partial charge in [0, 0.05) is 20.2 Å². The molecule has 2 heterocycles. The van der Waals surface area contributed by atoms with Crippen LogP contribution >= 0.6 is 0 Å². The third kappa shape index (κ3) is 2.88. The fourth-order valence-corrected chi connectivity index (χ4v) is 2.91. The van der Waals surface area contributed by atoms with Gasteiger partial charge in [-0.25, -0.2) is 4.68 Å². The van der Waals surface area contributed by atoms with Crippen molar-refractivity contribution in [2.75, 3.05) is 26.8 Å². The Bertz CT molecular complexity index is 746. The molecule has 1 atom stereocenters. The average Bonchev–Trinajstić information content (AvgIpc) is 3.23. The molecule has 1 N–H and O–H groups in total. The molecular formula is C16H18N4O4. The number of rotatable bonds is 5. The summed E-state index contributed by atoms with van der Waals surface area (Å²) < 4.78 is 6.55. The highest BCUT2D eigenvalue weighted by Gasteiger charge is 2.46. The molecule has 8 nitrogen and oxygen atoms in total. The van der Waals surface area contributed by atoms with Crippen LogP contribution in [0.2, 0.25) is 0 Å². The number of carbonyl (C=O) groups is 2. The summed E-state index contributed by atoms with van der Waals surface area (Å²) in [5.74, 6) is -1.27. The number of ether oxygens (including phenoxy) is 1. The minimum Gasteiger partial charge on any atom is -0.481 e. The van der Waals surface area contributed by atoms with Gasteiger partial charge in [-0.3, -0.25) is 9.59 Å². The van der Waals surface area contributed by atoms with Gasteiger partial charge >= 0.3 is 5.97 Å². The summed E-state index contributed by atoms with van der Waals surface area (Å²) in [7, 11) is 1.46. The van der Waals surface area contributed by atoms with Crippen molar-refractivity contribution in [3.63, 3.8) is 0 Å². The number of aliphatic carboxylic acids is 1. The molecule has 8 heteroatoms. The normalized spacial score (nSPS) is 20.3. The van der Waals surface area contributed by atoms with E-state index < -0.39 is 11.4 Å². The molecule has 0 spiro atoms. The second-order valence-corrected chi connectivity index (χ2v) is 5.88. The number of carboxylic acids is 1. The lowest BCUT2D eigenvalue weighted by atomic mass is 9.88. The van der Waals surface area contributed by atoms with Gasteiger partial charge in [0.15, 0.2) is 5.69 Å². The first-order valence-corrected chi connectivity index (χ1v) is 7.55. The quantitative estimate of drug-likeness (QED) is 0.872. The second kappa shape index (κ2) is 6.40. The highest BCUT2D eigenvalue weighted by atomic mass is 16.5. The summed E-state index contributed by atoms with van der Waals surface area (Å²) in [6, 6.07) is 9.33. The first-order chi connectivity index (χ1) is 11.6. The van der Waals surface area contributed by atoms with E-state index in [2.05, 4.69) is 10.3 Å². The Hall–Kier alpha value is -2.74. The van der Waals surface area contributed by atoms with Gasteiger partial charge < -0.3 is 14.7 Å². The molecule has 1 unspecified atom stereocenters. The Morgan fingerprint density at radius 2 is 2.08 bits per heavy atom. The third-order valence-corrected chi connectivity index (χ3v) is 4.25. The molecule has 1 aromatic carbocycles. The van der Waals surface area contributed by atoms with Crippen molar-refractivity contribution in [2.24, 2.45) is 5.41 Å². The number of aromatic nitrogens is 3. The van der Waals surface area contributed by atoms with Crippen molar-refractivity contribution in [3.05, 3.63) is 42.2 Å². The van der Waals surface area contributed by atoms with Gasteiger partial charge in [-0.15, -0.1) is 5.10 Å². The molecule has 24 heavy (non-hydrogen) atoms. The van der Waals surface area contributed by atoms with Crippen LogP contribution in [-0.2, 0) is 9.53 Å². The van der Waals surface area contributed by atoms with Crippen LogP contribution in [0.15, 0.2) is 36.5 Å². The van der Waals surface area contributed by atoms with Gasteiger partial charge in [0.1, 0.15) is 5.41 Å². The van der Waals surface area contributed by atoms with Crippen molar-refractivity contribution in [3.8, 4) is 5.69 Å². The molecule has 1 amide bonds. The summed E-state index contributed by atoms with van der Waals surface area (Å²) in [5, 5.41) is 17.4. The molecule has 2 aromatic rings. The maximum atomic E-state index is 12.6. The van der Waals surface area contributed by atoms with Crippen molar-refractivity contribution >= 4 is 11.9 Å². The maximum Gasteiger partial charge on any atom is 0.313 e. The van der Waals surface area contributed by atoms with Crippen molar-refractivity contribution in [1.82, 2.24) is 19.9 Å². The monoisotopic (exact) mass is 330 g/mol. The molecule has 1 fully saturated rings. The zero-order chi connectivity index (χ0) is 17.2. The van der Waals surface area contributed by atoms with Gasteiger partial charge in [0.2, 0.25) is 0 Å². The molecule has 0 bridgehead atoms. The minimum absolute atomic E-state index is 0.0722. The van der Waals surface area contributed by atoms with Gasteiger partial charge in [-0.05, 0) is 18.6 Å². The Kier molecular flexibility index (Phi) is 4.30. The Morgan fingerprint density at radius 1 is 1.33 bits per heavy atom. The molecular weight excluding hydrogens is 312 g/mol. The second-order valence-electron chi connectivity index (χ2n) is 5.88. The van der Waals surface area contributed by atoms with Crippen LogP contribution < -0.4 is 0 Å². The zero-order valence-corrected chi connectivity index (χ0v) is 13.3. The van der Waals surface area contributed by atoms with E-state index in [-0.39, 0.29) is 24.8 Å². The van der Waals surface area contributed by atoms with E-state index >= 15 is 0 Å². The summed E-state index contributed by atoms with van der Waals surface area (Å²) in [6.45, 7) is 0.530. The van der Waals surface area contributed by atoms with E-state index in [0.717, 1.165) is 5.69 Å². The number of methoxy groups -OCH3 is 1. The van der Waals surface area contributed by atoms with Gasteiger partial charge in [0.25, 0.3) is 5.91 Å². The highest BCUT2D eigenvalue weighted by molar-refractivity contribution is 5.93. The topological polar surface area (TPSA) is 97.6 Å². The number of nitrogens with zero attached hydrogens (tertiary/aromatic N) is 4. The van der Waals surface area contributed by atoms with Crippen LogP contribution in [0, 0.1) is 5.41 Å². The lowest BCUT2D eigenvalue weighted by Gasteiger charge is -2.23. The van der Waals surface area contributed by atoms with Crippen LogP contribution in [-0.4, -0.2) is 63.7 Å². The van der Waals surface area contributed by atoms with Crippen LogP contribution in [0.3, 0.4) is 0 Å². The van der Waals surface area contributed by atoms with Crippen LogP contribution in [0.25, 0.3) is 5.69 Å². The van der Waals surface area contributed by atoms with Crippen molar-refractivity contribution in [1.29, 1.82) is 0 Å². The van der Waals surface area contributed by atoms with Crippen molar-refractivity contribution in [2.45, 2.75) is 6.42 Å². The number of para-hydroxylation sites is 1. The number of amides is 1. The first kappa shape index (κ1) is 16.1. The van der Waals surface area contributed by atoms with E-state index in [0.29, 0.717) is 13.0 Å². The summed E-state index contributed by atoms with van der Waals surface area (Å²) in [6.07, 6.45) is 1.91. The Labute approximate surface area is 138 Å². The molecule has 0 radical (unpaired) electrons. The lowest BCUT2D eigenvalue weighted by molar-refractivity contribution is -0.151. The minimum atomic E-state index is -1.06. The van der Waals surface area contributed by atoms with Gasteiger partial charge in [0.05, 0.1) is 18.5 Å². The molecule has 1 aromatic heterocycles.